The number of carboxylic acid groups (broad SMARTS) is 1. The summed E-state index contributed by atoms with van der Waals surface area (Å²) in [6.07, 6.45) is 0.298. The van der Waals surface area contributed by atoms with E-state index in [1.165, 1.54) is 18.3 Å². The van der Waals surface area contributed by atoms with Crippen LogP contribution in [0.15, 0.2) is 65.6 Å². The van der Waals surface area contributed by atoms with Gasteiger partial charge in [-0.25, -0.2) is 19.2 Å². The molecule has 0 radical (unpaired) electrons. The SMILES string of the molecule is O=C1c2cc(F)ccc2-n2c1nc1ccc(CN(C(=O)O)c3ccccn3)cc1c2=O. The van der Waals surface area contributed by atoms with Crippen LogP contribution in [0.25, 0.3) is 16.6 Å². The molecule has 0 saturated carbocycles. The van der Waals surface area contributed by atoms with Crippen molar-refractivity contribution in [1.29, 1.82) is 0 Å². The van der Waals surface area contributed by atoms with Gasteiger partial charge in [0.25, 0.3) is 5.56 Å². The van der Waals surface area contributed by atoms with E-state index >= 15 is 0 Å². The molecule has 0 fully saturated rings. The monoisotopic (exact) mass is 416 g/mol. The third-order valence-electron chi connectivity index (χ3n) is 5.08. The summed E-state index contributed by atoms with van der Waals surface area (Å²) in [7, 11) is 0. The van der Waals surface area contributed by atoms with Crippen LogP contribution in [0.3, 0.4) is 0 Å². The van der Waals surface area contributed by atoms with Gasteiger partial charge in [0.2, 0.25) is 5.78 Å². The predicted octanol–water partition coefficient (Wildman–Crippen LogP) is 3.15. The standard InChI is InChI=1S/C22H13FN4O4/c23-13-5-7-17-15(10-13)19(28)20-25-16-6-4-12(9-14(16)21(29)27(17)20)11-26(22(30)31)18-3-1-2-8-24-18/h1-10H,11H2,(H,30,31). The van der Waals surface area contributed by atoms with Crippen LogP contribution in [0.2, 0.25) is 0 Å². The van der Waals surface area contributed by atoms with Crippen molar-refractivity contribution in [3.63, 3.8) is 0 Å². The summed E-state index contributed by atoms with van der Waals surface area (Å²) in [4.78, 5) is 47.0. The van der Waals surface area contributed by atoms with Gasteiger partial charge in [0.05, 0.1) is 28.7 Å². The van der Waals surface area contributed by atoms with Crippen molar-refractivity contribution in [2.45, 2.75) is 6.54 Å². The number of ketones is 1. The Labute approximate surface area is 173 Å². The Morgan fingerprint density at radius 3 is 2.68 bits per heavy atom. The molecule has 1 aliphatic heterocycles. The highest BCUT2D eigenvalue weighted by molar-refractivity contribution is 6.13. The average Bonchev–Trinajstić information content (AvgIpc) is 3.04. The smallest absolute Gasteiger partial charge is 0.413 e. The number of halogens is 1. The van der Waals surface area contributed by atoms with Crippen LogP contribution in [0.5, 0.6) is 0 Å². The largest absolute Gasteiger partial charge is 0.465 e. The first-order valence-corrected chi connectivity index (χ1v) is 9.26. The molecule has 2 aromatic carbocycles. The molecular formula is C22H13FN4O4. The average molecular weight is 416 g/mol. The van der Waals surface area contributed by atoms with E-state index in [9.17, 15) is 23.9 Å². The van der Waals surface area contributed by atoms with Crippen molar-refractivity contribution >= 4 is 28.6 Å². The summed E-state index contributed by atoms with van der Waals surface area (Å²) in [5, 5.41) is 9.80. The van der Waals surface area contributed by atoms with E-state index in [-0.39, 0.29) is 34.8 Å². The molecule has 1 N–H and O–H groups in total. The second kappa shape index (κ2) is 6.84. The normalized spacial score (nSPS) is 12.0. The van der Waals surface area contributed by atoms with E-state index in [2.05, 4.69) is 9.97 Å². The second-order valence-electron chi connectivity index (χ2n) is 6.97. The van der Waals surface area contributed by atoms with Crippen molar-refractivity contribution in [3.05, 3.63) is 93.9 Å². The summed E-state index contributed by atoms with van der Waals surface area (Å²) in [5.74, 6) is -0.931. The van der Waals surface area contributed by atoms with Crippen LogP contribution in [-0.4, -0.2) is 31.5 Å². The third-order valence-corrected chi connectivity index (χ3v) is 5.08. The Bertz CT molecular complexity index is 1450. The quantitative estimate of drug-likeness (QED) is 0.484. The topological polar surface area (TPSA) is 105 Å². The summed E-state index contributed by atoms with van der Waals surface area (Å²) in [5.41, 5.74) is 0.699. The zero-order valence-electron chi connectivity index (χ0n) is 15.8. The van der Waals surface area contributed by atoms with Crippen LogP contribution < -0.4 is 10.5 Å². The maximum absolute atomic E-state index is 13.6. The molecule has 5 rings (SSSR count). The van der Waals surface area contributed by atoms with Gasteiger partial charge in [0.1, 0.15) is 11.6 Å². The first-order chi connectivity index (χ1) is 14.9. The van der Waals surface area contributed by atoms with E-state index in [4.69, 9.17) is 0 Å². The summed E-state index contributed by atoms with van der Waals surface area (Å²) in [6.45, 7) is -0.0375. The molecule has 8 nitrogen and oxygen atoms in total. The highest BCUT2D eigenvalue weighted by Crippen LogP contribution is 2.27. The molecule has 1 aliphatic rings. The Balaban J connectivity index is 1.63. The summed E-state index contributed by atoms with van der Waals surface area (Å²) < 4.78 is 14.8. The van der Waals surface area contributed by atoms with Crippen molar-refractivity contribution < 1.29 is 19.1 Å². The van der Waals surface area contributed by atoms with Gasteiger partial charge >= 0.3 is 6.09 Å². The highest BCUT2D eigenvalue weighted by Gasteiger charge is 2.30. The van der Waals surface area contributed by atoms with Crippen molar-refractivity contribution in [3.8, 4) is 5.69 Å². The molecule has 0 atom stereocenters. The van der Waals surface area contributed by atoms with Gasteiger partial charge < -0.3 is 5.11 Å². The van der Waals surface area contributed by atoms with E-state index < -0.39 is 23.3 Å². The molecule has 2 aromatic heterocycles. The molecule has 0 bridgehead atoms. The summed E-state index contributed by atoms with van der Waals surface area (Å²) >= 11 is 0. The lowest BCUT2D eigenvalue weighted by Gasteiger charge is -2.18. The van der Waals surface area contributed by atoms with E-state index in [0.717, 1.165) is 15.5 Å². The van der Waals surface area contributed by atoms with E-state index in [1.807, 2.05) is 0 Å². The zero-order chi connectivity index (χ0) is 21.7. The predicted molar refractivity (Wildman–Crippen MR) is 109 cm³/mol. The molecular weight excluding hydrogens is 403 g/mol. The van der Waals surface area contributed by atoms with Crippen molar-refractivity contribution in [1.82, 2.24) is 14.5 Å². The number of hydrogen-bond donors (Lipinski definition) is 1. The number of carbonyl (C=O) groups excluding carboxylic acids is 1. The number of amides is 1. The lowest BCUT2D eigenvalue weighted by atomic mass is 10.1. The van der Waals surface area contributed by atoms with Crippen LogP contribution in [0.4, 0.5) is 15.0 Å². The number of anilines is 1. The first kappa shape index (κ1) is 18.6. The number of pyridine rings is 1. The van der Waals surface area contributed by atoms with Gasteiger partial charge in [0.15, 0.2) is 5.82 Å². The van der Waals surface area contributed by atoms with Crippen LogP contribution >= 0.6 is 0 Å². The van der Waals surface area contributed by atoms with Gasteiger partial charge in [-0.2, -0.15) is 0 Å². The molecule has 3 heterocycles. The fourth-order valence-electron chi connectivity index (χ4n) is 3.66. The Morgan fingerprint density at radius 1 is 1.10 bits per heavy atom. The minimum Gasteiger partial charge on any atom is -0.465 e. The fourth-order valence-corrected chi connectivity index (χ4v) is 3.66. The Kier molecular flexibility index (Phi) is 4.11. The number of fused-ring (bicyclic) bond motifs is 4. The molecule has 1 amide bonds. The minimum atomic E-state index is -1.19. The van der Waals surface area contributed by atoms with Crippen molar-refractivity contribution in [2.24, 2.45) is 0 Å². The van der Waals surface area contributed by atoms with Gasteiger partial charge in [-0.1, -0.05) is 12.1 Å². The number of rotatable bonds is 3. The maximum Gasteiger partial charge on any atom is 0.413 e. The molecule has 0 aliphatic carbocycles. The molecule has 152 valence electrons. The number of hydrogen-bond acceptors (Lipinski definition) is 5. The molecule has 9 heteroatoms. The Hall–Kier alpha value is -4.40. The van der Waals surface area contributed by atoms with Crippen LogP contribution in [0, 0.1) is 5.82 Å². The maximum atomic E-state index is 13.6. The lowest BCUT2D eigenvalue weighted by molar-refractivity contribution is 0.103. The van der Waals surface area contributed by atoms with Gasteiger partial charge in [-0.3, -0.25) is 19.1 Å². The number of nitrogens with zero attached hydrogens (tertiary/aromatic N) is 4. The zero-order valence-corrected chi connectivity index (χ0v) is 15.8. The Morgan fingerprint density at radius 2 is 1.94 bits per heavy atom. The lowest BCUT2D eigenvalue weighted by Crippen LogP contribution is -2.29. The highest BCUT2D eigenvalue weighted by atomic mass is 19.1. The fraction of sp³-hybridized carbons (Fsp3) is 0.0455. The van der Waals surface area contributed by atoms with E-state index in [1.54, 1.807) is 36.4 Å². The van der Waals surface area contributed by atoms with Gasteiger partial charge in [-0.05, 0) is 48.0 Å². The molecule has 0 unspecified atom stereocenters. The minimum absolute atomic E-state index is 0.0375. The van der Waals surface area contributed by atoms with Gasteiger partial charge in [-0.15, -0.1) is 0 Å². The number of aromatic nitrogens is 3. The third kappa shape index (κ3) is 2.94. The van der Waals surface area contributed by atoms with Gasteiger partial charge in [0, 0.05) is 6.20 Å². The van der Waals surface area contributed by atoms with Crippen molar-refractivity contribution in [2.75, 3.05) is 4.90 Å². The van der Waals surface area contributed by atoms with E-state index in [0.29, 0.717) is 11.1 Å². The number of benzene rings is 2. The van der Waals surface area contributed by atoms with Crippen LogP contribution in [0.1, 0.15) is 21.7 Å². The molecule has 0 spiro atoms. The molecule has 31 heavy (non-hydrogen) atoms. The second-order valence-corrected chi connectivity index (χ2v) is 6.97. The summed E-state index contributed by atoms with van der Waals surface area (Å²) in [6, 6.07) is 13.3. The van der Waals surface area contributed by atoms with Crippen LogP contribution in [-0.2, 0) is 6.54 Å². The molecule has 4 aromatic rings. The first-order valence-electron chi connectivity index (χ1n) is 9.26. The number of carbonyl (C=O) groups is 2. The molecule has 0 saturated heterocycles.